The predicted molar refractivity (Wildman–Crippen MR) is 75.3 cm³/mol. The minimum absolute atomic E-state index is 0.426. The van der Waals surface area contributed by atoms with Gasteiger partial charge in [0.2, 0.25) is 5.91 Å². The van der Waals surface area contributed by atoms with Crippen molar-refractivity contribution >= 4 is 11.6 Å². The normalized spacial score (nSPS) is 10.7. The fraction of sp³-hybridized carbons (Fsp3) is 0.286. The van der Waals surface area contributed by atoms with Crippen LogP contribution in [0.1, 0.15) is 34.2 Å². The fourth-order valence-electron chi connectivity index (χ4n) is 2.30. The third-order valence-corrected chi connectivity index (χ3v) is 3.34. The maximum Gasteiger partial charge on any atom is 0.248 e. The highest BCUT2D eigenvalue weighted by Gasteiger charge is 2.14. The number of primary amides is 1. The molecule has 2 aromatic rings. The Morgan fingerprint density at radius 1 is 1.37 bits per heavy atom. The van der Waals surface area contributed by atoms with Gasteiger partial charge in [-0.1, -0.05) is 6.92 Å². The molecule has 2 rings (SSSR count). The molecule has 0 fully saturated rings. The molecular formula is C14H18N4O. The lowest BCUT2D eigenvalue weighted by Crippen LogP contribution is -2.13. The van der Waals surface area contributed by atoms with Crippen molar-refractivity contribution in [1.82, 2.24) is 9.78 Å². The number of hydrogen-bond acceptors (Lipinski definition) is 3. The van der Waals surface area contributed by atoms with E-state index in [1.807, 2.05) is 13.8 Å². The molecule has 0 aliphatic carbocycles. The summed E-state index contributed by atoms with van der Waals surface area (Å²) in [6.07, 6.45) is 0.910. The average molecular weight is 258 g/mol. The molecule has 0 unspecified atom stereocenters. The van der Waals surface area contributed by atoms with Crippen LogP contribution in [0.15, 0.2) is 18.2 Å². The molecule has 0 spiro atoms. The highest BCUT2D eigenvalue weighted by atomic mass is 16.1. The van der Waals surface area contributed by atoms with Crippen LogP contribution in [0.3, 0.4) is 0 Å². The second kappa shape index (κ2) is 4.76. The van der Waals surface area contributed by atoms with Crippen LogP contribution in [0.5, 0.6) is 0 Å². The van der Waals surface area contributed by atoms with Crippen LogP contribution in [-0.2, 0) is 6.42 Å². The quantitative estimate of drug-likeness (QED) is 0.822. The fourth-order valence-corrected chi connectivity index (χ4v) is 2.30. The van der Waals surface area contributed by atoms with Crippen molar-refractivity contribution < 1.29 is 4.79 Å². The molecule has 100 valence electrons. The van der Waals surface area contributed by atoms with Crippen LogP contribution in [0, 0.1) is 13.8 Å². The van der Waals surface area contributed by atoms with E-state index in [0.29, 0.717) is 16.9 Å². The summed E-state index contributed by atoms with van der Waals surface area (Å²) in [7, 11) is 0. The van der Waals surface area contributed by atoms with Crippen molar-refractivity contribution in [2.45, 2.75) is 27.2 Å². The van der Waals surface area contributed by atoms with Crippen LogP contribution in [0.25, 0.3) is 5.69 Å². The van der Waals surface area contributed by atoms with Crippen LogP contribution in [0.4, 0.5) is 5.69 Å². The first-order chi connectivity index (χ1) is 8.95. The Bertz CT molecular complexity index is 643. The van der Waals surface area contributed by atoms with Crippen molar-refractivity contribution in [3.05, 3.63) is 40.7 Å². The van der Waals surface area contributed by atoms with Gasteiger partial charge in [0.05, 0.1) is 17.1 Å². The molecule has 1 aromatic heterocycles. The number of nitrogens with zero attached hydrogens (tertiary/aromatic N) is 2. The van der Waals surface area contributed by atoms with Gasteiger partial charge in [-0.25, -0.2) is 4.68 Å². The van der Waals surface area contributed by atoms with Crippen molar-refractivity contribution in [1.29, 1.82) is 0 Å². The van der Waals surface area contributed by atoms with Crippen molar-refractivity contribution in [3.63, 3.8) is 0 Å². The Kier molecular flexibility index (Phi) is 3.29. The first-order valence-electron chi connectivity index (χ1n) is 6.20. The molecule has 5 heteroatoms. The molecule has 0 saturated carbocycles. The lowest BCUT2D eigenvalue weighted by molar-refractivity contribution is 0.100. The Labute approximate surface area is 112 Å². The summed E-state index contributed by atoms with van der Waals surface area (Å²) in [6.45, 7) is 6.05. The number of hydrogen-bond donors (Lipinski definition) is 2. The topological polar surface area (TPSA) is 86.9 Å². The molecule has 1 aromatic carbocycles. The molecule has 0 radical (unpaired) electrons. The summed E-state index contributed by atoms with van der Waals surface area (Å²) in [4.78, 5) is 11.3. The third-order valence-electron chi connectivity index (χ3n) is 3.34. The van der Waals surface area contributed by atoms with Gasteiger partial charge in [-0.05, 0) is 44.0 Å². The van der Waals surface area contributed by atoms with Gasteiger partial charge < -0.3 is 11.5 Å². The minimum Gasteiger partial charge on any atom is -0.397 e. The van der Waals surface area contributed by atoms with Crippen molar-refractivity contribution in [2.24, 2.45) is 5.73 Å². The van der Waals surface area contributed by atoms with Gasteiger partial charge >= 0.3 is 0 Å². The molecule has 4 N–H and O–H groups in total. The highest BCUT2D eigenvalue weighted by molar-refractivity contribution is 5.94. The molecule has 0 aliphatic heterocycles. The number of anilines is 1. The predicted octanol–water partition coefficient (Wildman–Crippen LogP) is 1.73. The van der Waals surface area contributed by atoms with E-state index in [-0.39, 0.29) is 0 Å². The lowest BCUT2D eigenvalue weighted by atomic mass is 10.1. The molecule has 5 nitrogen and oxygen atoms in total. The van der Waals surface area contributed by atoms with E-state index in [4.69, 9.17) is 11.5 Å². The Morgan fingerprint density at radius 3 is 2.58 bits per heavy atom. The van der Waals surface area contributed by atoms with E-state index < -0.39 is 5.91 Å². The number of aromatic nitrogens is 2. The zero-order valence-electron chi connectivity index (χ0n) is 11.4. The lowest BCUT2D eigenvalue weighted by Gasteiger charge is -2.09. The number of nitrogen functional groups attached to an aromatic ring is 1. The van der Waals surface area contributed by atoms with E-state index in [9.17, 15) is 4.79 Å². The van der Waals surface area contributed by atoms with Gasteiger partial charge in [0.15, 0.2) is 0 Å². The number of carbonyl (C=O) groups excluding carboxylic acids is 1. The maximum atomic E-state index is 11.3. The standard InChI is InChI=1S/C14H18N4O/c1-4-11-8(2)17-18(9(11)3)13-7-10(14(16)19)5-6-12(13)15/h5-7H,4,15H2,1-3H3,(H2,16,19). The van der Waals surface area contributed by atoms with Crippen LogP contribution in [0.2, 0.25) is 0 Å². The molecular weight excluding hydrogens is 240 g/mol. The molecule has 0 atom stereocenters. The summed E-state index contributed by atoms with van der Waals surface area (Å²) in [5.74, 6) is -0.474. The number of benzene rings is 1. The molecule has 0 aliphatic rings. The molecule has 0 bridgehead atoms. The van der Waals surface area contributed by atoms with Gasteiger partial charge in [0.1, 0.15) is 0 Å². The van der Waals surface area contributed by atoms with Crippen LogP contribution >= 0.6 is 0 Å². The minimum atomic E-state index is -0.474. The van der Waals surface area contributed by atoms with Gasteiger partial charge in [0.25, 0.3) is 0 Å². The van der Waals surface area contributed by atoms with E-state index >= 15 is 0 Å². The summed E-state index contributed by atoms with van der Waals surface area (Å²) in [6, 6.07) is 4.97. The smallest absolute Gasteiger partial charge is 0.248 e. The van der Waals surface area contributed by atoms with Gasteiger partial charge in [0, 0.05) is 11.3 Å². The summed E-state index contributed by atoms with van der Waals surface area (Å²) in [5.41, 5.74) is 16.2. The van der Waals surface area contributed by atoms with Crippen LogP contribution < -0.4 is 11.5 Å². The Balaban J connectivity index is 2.64. The zero-order valence-corrected chi connectivity index (χ0v) is 11.4. The number of nitrogens with two attached hydrogens (primary N) is 2. The average Bonchev–Trinajstić information content (AvgIpc) is 2.64. The van der Waals surface area contributed by atoms with Crippen LogP contribution in [-0.4, -0.2) is 15.7 Å². The van der Waals surface area contributed by atoms with E-state index in [0.717, 1.165) is 17.8 Å². The largest absolute Gasteiger partial charge is 0.397 e. The molecule has 19 heavy (non-hydrogen) atoms. The molecule has 1 amide bonds. The molecule has 0 saturated heterocycles. The van der Waals surface area contributed by atoms with Gasteiger partial charge in [-0.2, -0.15) is 5.10 Å². The van der Waals surface area contributed by atoms with Gasteiger partial charge in [-0.3, -0.25) is 4.79 Å². The summed E-state index contributed by atoms with van der Waals surface area (Å²) < 4.78 is 1.77. The van der Waals surface area contributed by atoms with Crippen molar-refractivity contribution in [2.75, 3.05) is 5.73 Å². The SMILES string of the molecule is CCc1c(C)nn(-c2cc(C(N)=O)ccc2N)c1C. The third kappa shape index (κ3) is 2.19. The zero-order chi connectivity index (χ0) is 14.2. The highest BCUT2D eigenvalue weighted by Crippen LogP contribution is 2.23. The first-order valence-corrected chi connectivity index (χ1v) is 6.20. The van der Waals surface area contributed by atoms with E-state index in [1.165, 1.54) is 5.56 Å². The Morgan fingerprint density at radius 2 is 2.05 bits per heavy atom. The Hall–Kier alpha value is -2.30. The molecule has 1 heterocycles. The van der Waals surface area contributed by atoms with E-state index in [1.54, 1.807) is 22.9 Å². The summed E-state index contributed by atoms with van der Waals surface area (Å²) in [5, 5.41) is 4.50. The first kappa shape index (κ1) is 13.1. The van der Waals surface area contributed by atoms with Gasteiger partial charge in [-0.15, -0.1) is 0 Å². The second-order valence-corrected chi connectivity index (χ2v) is 4.55. The number of rotatable bonds is 3. The second-order valence-electron chi connectivity index (χ2n) is 4.55. The number of amides is 1. The maximum absolute atomic E-state index is 11.3. The summed E-state index contributed by atoms with van der Waals surface area (Å²) >= 11 is 0. The van der Waals surface area contributed by atoms with E-state index in [2.05, 4.69) is 12.0 Å². The number of aryl methyl sites for hydroxylation is 1. The monoisotopic (exact) mass is 258 g/mol. The van der Waals surface area contributed by atoms with Crippen molar-refractivity contribution in [3.8, 4) is 5.69 Å². The number of carbonyl (C=O) groups is 1.